The normalized spacial score (nSPS) is 11.8. The van der Waals surface area contributed by atoms with Gasteiger partial charge in [-0.15, -0.1) is 0 Å². The zero-order valence-electron chi connectivity index (χ0n) is 10.6. The molecule has 0 spiro atoms. The Hall–Kier alpha value is -1.56. The van der Waals surface area contributed by atoms with Gasteiger partial charge in [0.25, 0.3) is 0 Å². The van der Waals surface area contributed by atoms with Gasteiger partial charge in [0.2, 0.25) is 0 Å². The molecule has 1 rings (SSSR count). The number of aliphatic carboxylic acids is 1. The Kier molecular flexibility index (Phi) is 5.35. The van der Waals surface area contributed by atoms with Gasteiger partial charge in [-0.05, 0) is 31.6 Å². The Morgan fingerprint density at radius 2 is 2.05 bits per heavy atom. The van der Waals surface area contributed by atoms with E-state index >= 15 is 0 Å². The van der Waals surface area contributed by atoms with Crippen LogP contribution in [0.3, 0.4) is 0 Å². The summed E-state index contributed by atoms with van der Waals surface area (Å²) >= 11 is 0. The van der Waals surface area contributed by atoms with Gasteiger partial charge in [-0.25, -0.2) is 0 Å². The van der Waals surface area contributed by atoms with E-state index in [9.17, 15) is 18.0 Å². The van der Waals surface area contributed by atoms with Gasteiger partial charge in [0, 0.05) is 13.0 Å². The van der Waals surface area contributed by atoms with Crippen LogP contribution in [0.2, 0.25) is 0 Å². The third kappa shape index (κ3) is 5.74. The molecule has 1 aromatic carbocycles. The van der Waals surface area contributed by atoms with E-state index in [1.807, 2.05) is 0 Å². The summed E-state index contributed by atoms with van der Waals surface area (Å²) in [7, 11) is 1.75. The lowest BCUT2D eigenvalue weighted by Gasteiger charge is -2.17. The van der Waals surface area contributed by atoms with E-state index in [1.54, 1.807) is 18.0 Å². The van der Waals surface area contributed by atoms with Gasteiger partial charge in [0.1, 0.15) is 0 Å². The molecule has 0 radical (unpaired) electrons. The van der Waals surface area contributed by atoms with E-state index < -0.39 is 17.7 Å². The molecule has 0 saturated carbocycles. The van der Waals surface area contributed by atoms with Crippen LogP contribution < -0.4 is 0 Å². The van der Waals surface area contributed by atoms with Crippen molar-refractivity contribution in [1.82, 2.24) is 4.90 Å². The first-order valence-electron chi connectivity index (χ1n) is 5.85. The van der Waals surface area contributed by atoms with Crippen LogP contribution in [0, 0.1) is 0 Å². The predicted molar refractivity (Wildman–Crippen MR) is 64.6 cm³/mol. The van der Waals surface area contributed by atoms with Crippen LogP contribution in [-0.4, -0.2) is 29.6 Å². The van der Waals surface area contributed by atoms with Gasteiger partial charge >= 0.3 is 12.1 Å². The van der Waals surface area contributed by atoms with Gasteiger partial charge in [0.05, 0.1) is 5.56 Å². The molecule has 0 saturated heterocycles. The number of rotatable bonds is 6. The van der Waals surface area contributed by atoms with Crippen molar-refractivity contribution in [1.29, 1.82) is 0 Å². The van der Waals surface area contributed by atoms with Gasteiger partial charge < -0.3 is 10.0 Å². The van der Waals surface area contributed by atoms with Gasteiger partial charge in [-0.3, -0.25) is 4.79 Å². The van der Waals surface area contributed by atoms with Crippen molar-refractivity contribution in [2.24, 2.45) is 0 Å². The predicted octanol–water partition coefficient (Wildman–Crippen LogP) is 3.00. The fraction of sp³-hybridized carbons (Fsp3) is 0.462. The number of nitrogens with zero attached hydrogens (tertiary/aromatic N) is 1. The third-order valence-electron chi connectivity index (χ3n) is 2.64. The number of alkyl halides is 3. The molecule has 1 aromatic rings. The Balaban J connectivity index is 2.55. The van der Waals surface area contributed by atoms with Crippen molar-refractivity contribution < 1.29 is 23.1 Å². The van der Waals surface area contributed by atoms with Crippen LogP contribution in [0.25, 0.3) is 0 Å². The minimum Gasteiger partial charge on any atom is -0.481 e. The van der Waals surface area contributed by atoms with E-state index in [4.69, 9.17) is 5.11 Å². The van der Waals surface area contributed by atoms with Crippen LogP contribution in [0.5, 0.6) is 0 Å². The van der Waals surface area contributed by atoms with Crippen molar-refractivity contribution in [3.8, 4) is 0 Å². The molecule has 19 heavy (non-hydrogen) atoms. The van der Waals surface area contributed by atoms with Crippen LogP contribution >= 0.6 is 0 Å². The molecule has 0 amide bonds. The molecule has 0 aliphatic carbocycles. The highest BCUT2D eigenvalue weighted by atomic mass is 19.4. The topological polar surface area (TPSA) is 40.5 Å². The summed E-state index contributed by atoms with van der Waals surface area (Å²) in [6, 6.07) is 5.16. The first-order chi connectivity index (χ1) is 8.79. The van der Waals surface area contributed by atoms with Gasteiger partial charge in [-0.1, -0.05) is 18.2 Å². The summed E-state index contributed by atoms with van der Waals surface area (Å²) in [5.74, 6) is -0.868. The van der Waals surface area contributed by atoms with Crippen molar-refractivity contribution in [2.75, 3.05) is 13.6 Å². The average molecular weight is 275 g/mol. The summed E-state index contributed by atoms with van der Waals surface area (Å²) < 4.78 is 37.6. The minimum atomic E-state index is -4.34. The van der Waals surface area contributed by atoms with Crippen molar-refractivity contribution in [3.05, 3.63) is 35.4 Å². The number of carbonyl (C=O) groups is 1. The van der Waals surface area contributed by atoms with Gasteiger partial charge in [0.15, 0.2) is 0 Å². The second-order valence-electron chi connectivity index (χ2n) is 4.43. The molecular weight excluding hydrogens is 259 g/mol. The summed E-state index contributed by atoms with van der Waals surface area (Å²) in [4.78, 5) is 12.2. The number of hydrogen-bond donors (Lipinski definition) is 1. The number of benzene rings is 1. The number of halogens is 3. The molecule has 1 N–H and O–H groups in total. The highest BCUT2D eigenvalue weighted by Gasteiger charge is 2.30. The molecule has 0 aliphatic rings. The number of carboxylic acid groups (broad SMARTS) is 1. The quantitative estimate of drug-likeness (QED) is 0.867. The van der Waals surface area contributed by atoms with E-state index in [2.05, 4.69) is 0 Å². The summed E-state index contributed by atoms with van der Waals surface area (Å²) in [5.41, 5.74) is -0.100. The third-order valence-corrected chi connectivity index (χ3v) is 2.64. The fourth-order valence-electron chi connectivity index (χ4n) is 1.74. The lowest BCUT2D eigenvalue weighted by Crippen LogP contribution is -2.20. The highest BCUT2D eigenvalue weighted by Crippen LogP contribution is 2.29. The molecule has 3 nitrogen and oxygen atoms in total. The van der Waals surface area contributed by atoms with Crippen LogP contribution in [-0.2, 0) is 17.5 Å². The summed E-state index contributed by atoms with van der Waals surface area (Å²) in [5, 5.41) is 8.50. The summed E-state index contributed by atoms with van der Waals surface area (Å²) in [6.07, 6.45) is -3.80. The summed E-state index contributed by atoms with van der Waals surface area (Å²) in [6.45, 7) is 0.895. The Morgan fingerprint density at radius 3 is 2.63 bits per heavy atom. The standard InChI is InChI=1S/C13H16F3NO2/c1-17(7-3-6-12(18)19)9-10-4-2-5-11(8-10)13(14,15)16/h2,4-5,8H,3,6-7,9H2,1H3,(H,18,19). The second kappa shape index (κ2) is 6.56. The number of carboxylic acids is 1. The minimum absolute atomic E-state index is 0.0624. The van der Waals surface area contributed by atoms with Crippen molar-refractivity contribution in [3.63, 3.8) is 0 Å². The molecule has 6 heteroatoms. The first-order valence-corrected chi connectivity index (χ1v) is 5.85. The lowest BCUT2D eigenvalue weighted by atomic mass is 10.1. The smallest absolute Gasteiger partial charge is 0.416 e. The maximum Gasteiger partial charge on any atom is 0.416 e. The molecule has 0 atom stereocenters. The highest BCUT2D eigenvalue weighted by molar-refractivity contribution is 5.66. The molecule has 106 valence electrons. The maximum absolute atomic E-state index is 12.5. The molecule has 0 fully saturated rings. The van der Waals surface area contributed by atoms with E-state index in [1.165, 1.54) is 6.07 Å². The molecule has 0 bridgehead atoms. The zero-order valence-corrected chi connectivity index (χ0v) is 10.6. The monoisotopic (exact) mass is 275 g/mol. The average Bonchev–Trinajstić information content (AvgIpc) is 2.27. The first kappa shape index (κ1) is 15.5. The van der Waals surface area contributed by atoms with Crippen LogP contribution in [0.1, 0.15) is 24.0 Å². The van der Waals surface area contributed by atoms with Crippen molar-refractivity contribution >= 4 is 5.97 Å². The van der Waals surface area contributed by atoms with Gasteiger partial charge in [-0.2, -0.15) is 13.2 Å². The van der Waals surface area contributed by atoms with Crippen LogP contribution in [0.15, 0.2) is 24.3 Å². The SMILES string of the molecule is CN(CCCC(=O)O)Cc1cccc(C(F)(F)F)c1. The molecular formula is C13H16F3NO2. The molecule has 0 unspecified atom stereocenters. The lowest BCUT2D eigenvalue weighted by molar-refractivity contribution is -0.138. The zero-order chi connectivity index (χ0) is 14.5. The molecule has 0 aromatic heterocycles. The van der Waals surface area contributed by atoms with E-state index in [-0.39, 0.29) is 6.42 Å². The van der Waals surface area contributed by atoms with Crippen molar-refractivity contribution in [2.45, 2.75) is 25.6 Å². The maximum atomic E-state index is 12.5. The Morgan fingerprint density at radius 1 is 1.37 bits per heavy atom. The molecule has 0 heterocycles. The Labute approximate surface area is 109 Å². The second-order valence-corrected chi connectivity index (χ2v) is 4.43. The molecule has 0 aliphatic heterocycles. The fourth-order valence-corrected chi connectivity index (χ4v) is 1.74. The van der Waals surface area contributed by atoms with E-state index in [0.717, 1.165) is 12.1 Å². The van der Waals surface area contributed by atoms with E-state index in [0.29, 0.717) is 25.1 Å². The van der Waals surface area contributed by atoms with Crippen LogP contribution in [0.4, 0.5) is 13.2 Å². The number of hydrogen-bond acceptors (Lipinski definition) is 2. The Bertz CT molecular complexity index is 432. The largest absolute Gasteiger partial charge is 0.481 e.